The number of hydrogen-bond acceptors (Lipinski definition) is 4. The number of aromatic nitrogens is 1. The fourth-order valence-electron chi connectivity index (χ4n) is 2.14. The molecule has 0 radical (unpaired) electrons. The van der Waals surface area contributed by atoms with E-state index in [0.717, 1.165) is 22.3 Å². The molecule has 0 saturated heterocycles. The maximum atomic E-state index is 12.6. The number of nitrogens with one attached hydrogen (secondary N) is 1. The highest BCUT2D eigenvalue weighted by Crippen LogP contribution is 2.29. The second kappa shape index (κ2) is 10.4. The number of nitrogens with zero attached hydrogens (tertiary/aromatic N) is 3. The molecule has 1 N–H and O–H groups in total. The summed E-state index contributed by atoms with van der Waals surface area (Å²) in [7, 11) is 3.51. The Bertz CT molecular complexity index is 717. The first kappa shape index (κ1) is 23.0. The fraction of sp³-hybridized carbons (Fsp3) is 0.375. The van der Waals surface area contributed by atoms with Crippen molar-refractivity contribution in [2.75, 3.05) is 20.4 Å². The first-order valence-corrected chi connectivity index (χ1v) is 9.50. The zero-order valence-corrected chi connectivity index (χ0v) is 18.5. The van der Waals surface area contributed by atoms with Crippen LogP contribution in [0.2, 0.25) is 0 Å². The Kier molecular flexibility index (Phi) is 9.17. The van der Waals surface area contributed by atoms with Crippen LogP contribution in [0.3, 0.4) is 0 Å². The zero-order valence-electron chi connectivity index (χ0n) is 14.5. The molecule has 0 amide bonds. The van der Waals surface area contributed by atoms with Gasteiger partial charge in [-0.2, -0.15) is 13.2 Å². The summed E-state index contributed by atoms with van der Waals surface area (Å²) < 4.78 is 37.7. The van der Waals surface area contributed by atoms with Crippen LogP contribution < -0.4 is 5.32 Å². The molecule has 0 fully saturated rings. The Labute approximate surface area is 176 Å². The molecule has 1 aromatic heterocycles. The van der Waals surface area contributed by atoms with Gasteiger partial charge in [-0.15, -0.1) is 47.1 Å². The Morgan fingerprint density at radius 2 is 1.96 bits per heavy atom. The average molecular weight is 516 g/mol. The van der Waals surface area contributed by atoms with Crippen molar-refractivity contribution < 1.29 is 13.2 Å². The molecular weight excluding hydrogens is 496 g/mol. The first-order chi connectivity index (χ1) is 11.8. The number of alkyl halides is 3. The summed E-state index contributed by atoms with van der Waals surface area (Å²) in [5.41, 5.74) is 0.267. The quantitative estimate of drug-likeness (QED) is 0.271. The number of aliphatic imine (C=N–C) groups is 1. The highest BCUT2D eigenvalue weighted by atomic mass is 127. The van der Waals surface area contributed by atoms with Gasteiger partial charge in [0.05, 0.1) is 6.54 Å². The Balaban J connectivity index is 0.00000338. The average Bonchev–Trinajstić information content (AvgIpc) is 3.05. The molecule has 1 heterocycles. The van der Waals surface area contributed by atoms with Crippen LogP contribution in [0.25, 0.3) is 0 Å². The van der Waals surface area contributed by atoms with Crippen LogP contribution in [0.15, 0.2) is 39.5 Å². The van der Waals surface area contributed by atoms with E-state index in [-0.39, 0.29) is 30.5 Å². The minimum Gasteiger partial charge on any atom is -0.350 e. The maximum Gasteiger partial charge on any atom is 0.434 e. The number of hydrogen-bond donors (Lipinski definition) is 1. The van der Waals surface area contributed by atoms with Crippen molar-refractivity contribution in [1.82, 2.24) is 15.2 Å². The fourth-order valence-corrected chi connectivity index (χ4v) is 3.29. The minimum atomic E-state index is -4.41. The van der Waals surface area contributed by atoms with Gasteiger partial charge < -0.3 is 10.2 Å². The lowest BCUT2D eigenvalue weighted by molar-refractivity contribution is -0.140. The Morgan fingerprint density at radius 3 is 2.46 bits per heavy atom. The summed E-state index contributed by atoms with van der Waals surface area (Å²) in [5, 5.41) is 4.44. The summed E-state index contributed by atoms with van der Waals surface area (Å²) in [6.45, 7) is 0.836. The van der Waals surface area contributed by atoms with E-state index in [9.17, 15) is 13.2 Å². The Morgan fingerprint density at radius 1 is 1.31 bits per heavy atom. The molecule has 0 unspecified atom stereocenters. The van der Waals surface area contributed by atoms with E-state index < -0.39 is 11.9 Å². The highest BCUT2D eigenvalue weighted by molar-refractivity contribution is 14.0. The smallest absolute Gasteiger partial charge is 0.350 e. The predicted molar refractivity (Wildman–Crippen MR) is 112 cm³/mol. The van der Waals surface area contributed by atoms with Crippen molar-refractivity contribution in [3.8, 4) is 0 Å². The van der Waals surface area contributed by atoms with Gasteiger partial charge in [-0.05, 0) is 24.0 Å². The lowest BCUT2D eigenvalue weighted by Gasteiger charge is -2.22. The van der Waals surface area contributed by atoms with E-state index in [4.69, 9.17) is 0 Å². The van der Waals surface area contributed by atoms with Gasteiger partial charge in [-0.3, -0.25) is 4.99 Å². The monoisotopic (exact) mass is 516 g/mol. The topological polar surface area (TPSA) is 40.5 Å². The van der Waals surface area contributed by atoms with Crippen molar-refractivity contribution in [2.24, 2.45) is 4.99 Å². The van der Waals surface area contributed by atoms with Gasteiger partial charge in [0, 0.05) is 30.9 Å². The molecular formula is C16H20F3IN4S2. The van der Waals surface area contributed by atoms with Crippen molar-refractivity contribution in [2.45, 2.75) is 24.2 Å². The molecule has 10 heteroatoms. The van der Waals surface area contributed by atoms with E-state index in [1.807, 2.05) is 30.3 Å². The van der Waals surface area contributed by atoms with Crippen molar-refractivity contribution in [3.05, 3.63) is 45.9 Å². The number of thiazole rings is 1. The minimum absolute atomic E-state index is 0. The number of guanidine groups is 1. The van der Waals surface area contributed by atoms with E-state index in [2.05, 4.69) is 27.4 Å². The van der Waals surface area contributed by atoms with Crippen LogP contribution in [0.1, 0.15) is 16.3 Å². The number of rotatable bonds is 5. The predicted octanol–water partition coefficient (Wildman–Crippen LogP) is 4.71. The normalized spacial score (nSPS) is 11.8. The molecule has 0 spiro atoms. The third kappa shape index (κ3) is 6.62. The molecule has 2 aromatic rings. The molecule has 0 aliphatic carbocycles. The van der Waals surface area contributed by atoms with Gasteiger partial charge >= 0.3 is 6.18 Å². The lowest BCUT2D eigenvalue weighted by Crippen LogP contribution is -2.38. The molecule has 0 aliphatic heterocycles. The number of halogens is 4. The third-order valence-corrected chi connectivity index (χ3v) is 4.98. The van der Waals surface area contributed by atoms with E-state index >= 15 is 0 Å². The molecule has 0 bridgehead atoms. The van der Waals surface area contributed by atoms with Gasteiger partial charge in [0.15, 0.2) is 11.7 Å². The van der Waals surface area contributed by atoms with Gasteiger partial charge in [-0.1, -0.05) is 12.1 Å². The van der Waals surface area contributed by atoms with Crippen molar-refractivity contribution in [3.63, 3.8) is 0 Å². The second-order valence-corrected chi connectivity index (χ2v) is 7.05. The number of benzene rings is 1. The largest absolute Gasteiger partial charge is 0.434 e. The Hall–Kier alpha value is -1.01. The van der Waals surface area contributed by atoms with Gasteiger partial charge in [0.1, 0.15) is 5.01 Å². The SMILES string of the molecule is CN=C(NCc1nc(C(F)(F)F)cs1)N(C)Cc1ccc(SC)cc1.I. The summed E-state index contributed by atoms with van der Waals surface area (Å²) in [6, 6.07) is 8.20. The maximum absolute atomic E-state index is 12.6. The zero-order chi connectivity index (χ0) is 18.4. The van der Waals surface area contributed by atoms with Crippen LogP contribution >= 0.6 is 47.1 Å². The van der Waals surface area contributed by atoms with E-state index in [1.165, 1.54) is 4.90 Å². The van der Waals surface area contributed by atoms with Crippen molar-refractivity contribution in [1.29, 1.82) is 0 Å². The molecule has 0 atom stereocenters. The summed E-state index contributed by atoms with van der Waals surface area (Å²) in [5.74, 6) is 0.595. The molecule has 4 nitrogen and oxygen atoms in total. The lowest BCUT2D eigenvalue weighted by atomic mass is 10.2. The molecule has 26 heavy (non-hydrogen) atoms. The molecule has 0 saturated carbocycles. The van der Waals surface area contributed by atoms with Crippen LogP contribution in [-0.2, 0) is 19.3 Å². The van der Waals surface area contributed by atoms with Gasteiger partial charge in [-0.25, -0.2) is 4.98 Å². The molecule has 0 aliphatic rings. The first-order valence-electron chi connectivity index (χ1n) is 7.39. The number of thioether (sulfide) groups is 1. The molecule has 1 aromatic carbocycles. The summed E-state index contributed by atoms with van der Waals surface area (Å²) in [6.07, 6.45) is -2.38. The van der Waals surface area contributed by atoms with Gasteiger partial charge in [0.2, 0.25) is 0 Å². The molecule has 2 rings (SSSR count). The van der Waals surface area contributed by atoms with Gasteiger partial charge in [0.25, 0.3) is 0 Å². The summed E-state index contributed by atoms with van der Waals surface area (Å²) >= 11 is 2.66. The van der Waals surface area contributed by atoms with Crippen LogP contribution in [0.5, 0.6) is 0 Å². The highest BCUT2D eigenvalue weighted by Gasteiger charge is 2.33. The molecule has 144 valence electrons. The van der Waals surface area contributed by atoms with Crippen LogP contribution in [-0.4, -0.2) is 36.2 Å². The second-order valence-electron chi connectivity index (χ2n) is 5.23. The van der Waals surface area contributed by atoms with Crippen LogP contribution in [0.4, 0.5) is 13.2 Å². The standard InChI is InChI=1S/C16H19F3N4S2.HI/c1-20-15(21-8-14-22-13(10-25-14)16(17,18)19)23(2)9-11-4-6-12(24-3)7-5-11;/h4-7,10H,8-9H2,1-3H3,(H,20,21);1H. The van der Waals surface area contributed by atoms with E-state index in [1.54, 1.807) is 18.8 Å². The van der Waals surface area contributed by atoms with Crippen LogP contribution in [0, 0.1) is 0 Å². The van der Waals surface area contributed by atoms with Crippen molar-refractivity contribution >= 4 is 53.0 Å². The summed E-state index contributed by atoms with van der Waals surface area (Å²) in [4.78, 5) is 10.9. The van der Waals surface area contributed by atoms with E-state index in [0.29, 0.717) is 17.5 Å². The third-order valence-electron chi connectivity index (χ3n) is 3.39.